The molecule has 1 unspecified atom stereocenters. The number of hydrogen-bond acceptors (Lipinski definition) is 4. The van der Waals surface area contributed by atoms with Gasteiger partial charge in [0.2, 0.25) is 0 Å². The molecule has 3 aromatic rings. The van der Waals surface area contributed by atoms with Crippen LogP contribution in [0, 0.1) is 5.92 Å². The van der Waals surface area contributed by atoms with E-state index in [1.165, 1.54) is 18.4 Å². The Morgan fingerprint density at radius 2 is 1.72 bits per heavy atom. The second-order valence-corrected chi connectivity index (χ2v) is 9.03. The molecule has 1 saturated heterocycles. The lowest BCUT2D eigenvalue weighted by Crippen LogP contribution is -2.40. The van der Waals surface area contributed by atoms with E-state index in [1.54, 1.807) is 0 Å². The first-order valence-corrected chi connectivity index (χ1v) is 11.8. The third kappa shape index (κ3) is 6.32. The predicted molar refractivity (Wildman–Crippen MR) is 131 cm³/mol. The Morgan fingerprint density at radius 3 is 2.41 bits per heavy atom. The van der Waals surface area contributed by atoms with Crippen molar-refractivity contribution in [2.24, 2.45) is 5.92 Å². The molecule has 1 aromatic heterocycles. The molecule has 4 nitrogen and oxygen atoms in total. The summed E-state index contributed by atoms with van der Waals surface area (Å²) in [5.74, 6) is 1.64. The molecular weight excluding hydrogens is 418 g/mol. The monoisotopic (exact) mass is 449 g/mol. The topological polar surface area (TPSA) is 28.6 Å². The van der Waals surface area contributed by atoms with Crippen molar-refractivity contribution in [3.63, 3.8) is 0 Å². The third-order valence-corrected chi connectivity index (χ3v) is 6.52. The minimum Gasteiger partial charge on any atom is -0.492 e. The fourth-order valence-corrected chi connectivity index (χ4v) is 4.67. The Morgan fingerprint density at radius 1 is 1.00 bits per heavy atom. The minimum atomic E-state index is 0.130. The molecule has 32 heavy (non-hydrogen) atoms. The van der Waals surface area contributed by atoms with Gasteiger partial charge in [-0.05, 0) is 80.9 Å². The molecule has 0 aliphatic carbocycles. The average Bonchev–Trinajstić information content (AvgIpc) is 2.83. The van der Waals surface area contributed by atoms with Gasteiger partial charge < -0.3 is 4.74 Å². The first kappa shape index (κ1) is 22.8. The van der Waals surface area contributed by atoms with Crippen molar-refractivity contribution >= 4 is 11.6 Å². The molecule has 0 amide bonds. The highest BCUT2D eigenvalue weighted by molar-refractivity contribution is 6.30. The Kier molecular flexibility index (Phi) is 8.16. The van der Waals surface area contributed by atoms with Crippen LogP contribution < -0.4 is 4.74 Å². The maximum atomic E-state index is 6.14. The van der Waals surface area contributed by atoms with Crippen molar-refractivity contribution in [3.8, 4) is 5.75 Å². The molecule has 4 rings (SSSR count). The number of likely N-dealkylation sites (tertiary alicyclic amines) is 1. The van der Waals surface area contributed by atoms with Crippen molar-refractivity contribution in [2.75, 3.05) is 39.8 Å². The average molecular weight is 450 g/mol. The van der Waals surface area contributed by atoms with E-state index in [2.05, 4.69) is 46.1 Å². The van der Waals surface area contributed by atoms with E-state index in [0.29, 0.717) is 5.92 Å². The lowest BCUT2D eigenvalue weighted by Gasteiger charge is -2.36. The quantitative estimate of drug-likeness (QED) is 0.428. The van der Waals surface area contributed by atoms with Crippen molar-refractivity contribution in [2.45, 2.75) is 18.9 Å². The van der Waals surface area contributed by atoms with Gasteiger partial charge in [0.05, 0.1) is 11.7 Å². The molecule has 1 fully saturated rings. The maximum Gasteiger partial charge on any atom is 0.119 e. The number of benzene rings is 2. The van der Waals surface area contributed by atoms with E-state index >= 15 is 0 Å². The number of para-hydroxylation sites is 1. The van der Waals surface area contributed by atoms with Crippen molar-refractivity contribution < 1.29 is 4.74 Å². The van der Waals surface area contributed by atoms with Crippen LogP contribution in [0.4, 0.5) is 0 Å². The Balaban J connectivity index is 1.30. The van der Waals surface area contributed by atoms with Crippen LogP contribution in [0.1, 0.15) is 30.1 Å². The molecule has 1 aliphatic heterocycles. The van der Waals surface area contributed by atoms with Gasteiger partial charge in [0, 0.05) is 24.3 Å². The highest BCUT2D eigenvalue weighted by Gasteiger charge is 2.25. The van der Waals surface area contributed by atoms with Crippen LogP contribution in [0.5, 0.6) is 5.75 Å². The molecule has 2 heterocycles. The van der Waals surface area contributed by atoms with Gasteiger partial charge >= 0.3 is 0 Å². The first-order chi connectivity index (χ1) is 15.7. The summed E-state index contributed by atoms with van der Waals surface area (Å²) in [7, 11) is 2.22. The van der Waals surface area contributed by atoms with Gasteiger partial charge in [-0.25, -0.2) is 0 Å². The largest absolute Gasteiger partial charge is 0.492 e. The molecule has 1 atom stereocenters. The van der Waals surface area contributed by atoms with Crippen LogP contribution >= 0.6 is 11.6 Å². The summed E-state index contributed by atoms with van der Waals surface area (Å²) in [6.45, 7) is 5.04. The Hall–Kier alpha value is -2.40. The summed E-state index contributed by atoms with van der Waals surface area (Å²) in [6, 6.07) is 24.5. The van der Waals surface area contributed by atoms with Gasteiger partial charge in [0.1, 0.15) is 12.4 Å². The van der Waals surface area contributed by atoms with Gasteiger partial charge in [-0.1, -0.05) is 48.0 Å². The highest BCUT2D eigenvalue weighted by atomic mass is 35.5. The fourth-order valence-electron chi connectivity index (χ4n) is 4.55. The smallest absolute Gasteiger partial charge is 0.119 e. The van der Waals surface area contributed by atoms with E-state index < -0.39 is 0 Å². The molecule has 2 aromatic carbocycles. The zero-order chi connectivity index (χ0) is 22.2. The second-order valence-electron chi connectivity index (χ2n) is 8.59. The number of nitrogens with zero attached hydrogens (tertiary/aromatic N) is 3. The van der Waals surface area contributed by atoms with E-state index in [9.17, 15) is 0 Å². The van der Waals surface area contributed by atoms with Gasteiger partial charge in [0.25, 0.3) is 0 Å². The summed E-state index contributed by atoms with van der Waals surface area (Å²) in [5, 5.41) is 0.764. The molecule has 0 spiro atoms. The molecule has 0 radical (unpaired) electrons. The van der Waals surface area contributed by atoms with Crippen molar-refractivity contribution in [3.05, 3.63) is 95.3 Å². The molecule has 0 saturated carbocycles. The number of ether oxygens (including phenoxy) is 1. The predicted octanol–water partition coefficient (Wildman–Crippen LogP) is 5.55. The minimum absolute atomic E-state index is 0.130. The summed E-state index contributed by atoms with van der Waals surface area (Å²) in [5.41, 5.74) is 2.30. The van der Waals surface area contributed by atoms with Gasteiger partial charge in [-0.2, -0.15) is 0 Å². The number of halogens is 1. The SMILES string of the molecule is CN(CC1CCN(CCOc2ccccc2)CC1)C(c1ccc(Cl)cc1)c1ccccn1. The van der Waals surface area contributed by atoms with Gasteiger partial charge in [-0.15, -0.1) is 0 Å². The lowest BCUT2D eigenvalue weighted by atomic mass is 9.94. The van der Waals surface area contributed by atoms with Crippen molar-refractivity contribution in [1.29, 1.82) is 0 Å². The molecule has 168 valence electrons. The van der Waals surface area contributed by atoms with Crippen LogP contribution in [-0.2, 0) is 0 Å². The van der Waals surface area contributed by atoms with Gasteiger partial charge in [0.15, 0.2) is 0 Å². The van der Waals surface area contributed by atoms with Crippen LogP contribution in [0.15, 0.2) is 79.0 Å². The third-order valence-electron chi connectivity index (χ3n) is 6.27. The fraction of sp³-hybridized carbons (Fsp3) is 0.370. The van der Waals surface area contributed by atoms with E-state index in [4.69, 9.17) is 16.3 Å². The summed E-state index contributed by atoms with van der Waals surface area (Å²) < 4.78 is 5.87. The number of rotatable bonds is 9. The Labute approximate surface area is 196 Å². The first-order valence-electron chi connectivity index (χ1n) is 11.5. The summed E-state index contributed by atoms with van der Waals surface area (Å²) in [6.07, 6.45) is 4.30. The number of piperidine rings is 1. The molecule has 0 N–H and O–H groups in total. The van der Waals surface area contributed by atoms with E-state index in [0.717, 1.165) is 49.3 Å². The highest BCUT2D eigenvalue weighted by Crippen LogP contribution is 2.29. The standard InChI is InChI=1S/C27H32ClN3O/c1-30(27(26-9-5-6-16-29-26)23-10-12-24(28)13-11-23)21-22-14-17-31(18-15-22)19-20-32-25-7-3-2-4-8-25/h2-13,16,22,27H,14-15,17-21H2,1H3. The zero-order valence-electron chi connectivity index (χ0n) is 18.7. The van der Waals surface area contributed by atoms with Crippen LogP contribution in [0.25, 0.3) is 0 Å². The van der Waals surface area contributed by atoms with Crippen LogP contribution in [0.2, 0.25) is 5.02 Å². The zero-order valence-corrected chi connectivity index (χ0v) is 19.5. The number of aromatic nitrogens is 1. The Bertz CT molecular complexity index is 928. The van der Waals surface area contributed by atoms with Gasteiger partial charge in [-0.3, -0.25) is 14.8 Å². The molecular formula is C27H32ClN3O. The molecule has 0 bridgehead atoms. The normalized spacial score (nSPS) is 16.2. The van der Waals surface area contributed by atoms with E-state index in [-0.39, 0.29) is 6.04 Å². The summed E-state index contributed by atoms with van der Waals surface area (Å²) in [4.78, 5) is 9.64. The summed E-state index contributed by atoms with van der Waals surface area (Å²) >= 11 is 6.14. The molecule has 1 aliphatic rings. The van der Waals surface area contributed by atoms with E-state index in [1.807, 2.05) is 54.7 Å². The lowest BCUT2D eigenvalue weighted by molar-refractivity contribution is 0.127. The molecule has 5 heteroatoms. The number of pyridine rings is 1. The van der Waals surface area contributed by atoms with Crippen molar-refractivity contribution in [1.82, 2.24) is 14.8 Å². The van der Waals surface area contributed by atoms with Crippen LogP contribution in [-0.4, -0.2) is 54.6 Å². The number of hydrogen-bond donors (Lipinski definition) is 0. The maximum absolute atomic E-state index is 6.14. The second kappa shape index (κ2) is 11.5. The van der Waals surface area contributed by atoms with Crippen LogP contribution in [0.3, 0.4) is 0 Å².